The van der Waals surface area contributed by atoms with E-state index in [-0.39, 0.29) is 18.5 Å². The van der Waals surface area contributed by atoms with E-state index in [9.17, 15) is 9.59 Å². The average molecular weight is 475 g/mol. The van der Waals surface area contributed by atoms with Gasteiger partial charge in [0, 0.05) is 38.1 Å². The number of allylic oxidation sites excluding steroid dienone is 1. The molecule has 6 nitrogen and oxygen atoms in total. The SMILES string of the molecule is COC(=O)CCCC/C=C(\COc1cccc2ccccc12)C(=O)NCc1ccc(N(C)C)cc1. The fourth-order valence-corrected chi connectivity index (χ4v) is 3.69. The number of unbranched alkanes of at least 4 members (excludes halogenated alkanes) is 2. The standard InChI is InChI=1S/C29H34N2O4/c1-31(2)25-18-16-22(17-19-25)20-30-29(33)24(11-5-4-6-15-28(32)34-3)21-35-27-14-9-12-23-10-7-8-13-26(23)27/h7-14,16-19H,4-6,15,20-21H2,1-3H3,(H,30,33)/b24-11+. The van der Waals surface area contributed by atoms with E-state index >= 15 is 0 Å². The monoisotopic (exact) mass is 474 g/mol. The van der Waals surface area contributed by atoms with E-state index in [1.54, 1.807) is 0 Å². The number of ether oxygens (including phenoxy) is 2. The molecule has 6 heteroatoms. The van der Waals surface area contributed by atoms with E-state index < -0.39 is 0 Å². The van der Waals surface area contributed by atoms with Crippen LogP contribution in [0.4, 0.5) is 5.69 Å². The minimum Gasteiger partial charge on any atom is -0.488 e. The third kappa shape index (κ3) is 7.88. The van der Waals surface area contributed by atoms with E-state index in [4.69, 9.17) is 9.47 Å². The molecule has 3 aromatic rings. The number of fused-ring (bicyclic) bond motifs is 1. The van der Waals surface area contributed by atoms with Crippen LogP contribution in [0.5, 0.6) is 5.75 Å². The Kier molecular flexibility index (Phi) is 9.72. The van der Waals surface area contributed by atoms with E-state index in [1.807, 2.05) is 91.8 Å². The summed E-state index contributed by atoms with van der Waals surface area (Å²) in [6, 6.07) is 22.0. The van der Waals surface area contributed by atoms with Gasteiger partial charge in [-0.25, -0.2) is 0 Å². The minimum atomic E-state index is -0.216. The van der Waals surface area contributed by atoms with Crippen LogP contribution in [0.25, 0.3) is 10.8 Å². The van der Waals surface area contributed by atoms with Crippen molar-refractivity contribution in [2.45, 2.75) is 32.2 Å². The molecule has 1 amide bonds. The Hall–Kier alpha value is -3.80. The molecule has 0 spiro atoms. The molecule has 0 aliphatic carbocycles. The van der Waals surface area contributed by atoms with Gasteiger partial charge in [-0.15, -0.1) is 0 Å². The number of hydrogen-bond donors (Lipinski definition) is 1. The van der Waals surface area contributed by atoms with Crippen molar-refractivity contribution in [3.05, 3.63) is 83.9 Å². The Morgan fingerprint density at radius 3 is 2.43 bits per heavy atom. The highest BCUT2D eigenvalue weighted by molar-refractivity contribution is 5.94. The first-order valence-electron chi connectivity index (χ1n) is 11.9. The smallest absolute Gasteiger partial charge is 0.305 e. The summed E-state index contributed by atoms with van der Waals surface area (Å²) in [5, 5.41) is 5.11. The Morgan fingerprint density at radius 1 is 0.943 bits per heavy atom. The van der Waals surface area contributed by atoms with Gasteiger partial charge in [-0.1, -0.05) is 54.6 Å². The lowest BCUT2D eigenvalue weighted by molar-refractivity contribution is -0.140. The number of esters is 1. The van der Waals surface area contributed by atoms with Gasteiger partial charge in [0.15, 0.2) is 0 Å². The summed E-state index contributed by atoms with van der Waals surface area (Å²) in [5.41, 5.74) is 2.70. The van der Waals surface area contributed by atoms with Crippen LogP contribution < -0.4 is 15.0 Å². The molecule has 0 fully saturated rings. The molecule has 0 aromatic heterocycles. The zero-order valence-electron chi connectivity index (χ0n) is 20.8. The van der Waals surface area contributed by atoms with Crippen molar-refractivity contribution in [3.8, 4) is 5.75 Å². The number of carbonyl (C=O) groups excluding carboxylic acids is 2. The van der Waals surface area contributed by atoms with Gasteiger partial charge in [0.05, 0.1) is 12.7 Å². The van der Waals surface area contributed by atoms with Crippen molar-refractivity contribution >= 4 is 28.3 Å². The van der Waals surface area contributed by atoms with Gasteiger partial charge in [-0.05, 0) is 48.4 Å². The Labute approximate surface area is 207 Å². The number of anilines is 1. The number of rotatable bonds is 12. The predicted molar refractivity (Wildman–Crippen MR) is 141 cm³/mol. The van der Waals surface area contributed by atoms with Crippen LogP contribution in [-0.2, 0) is 20.9 Å². The highest BCUT2D eigenvalue weighted by atomic mass is 16.5. The second-order valence-electron chi connectivity index (χ2n) is 8.56. The van der Waals surface area contributed by atoms with Crippen LogP contribution in [0.3, 0.4) is 0 Å². The molecule has 0 saturated heterocycles. The van der Waals surface area contributed by atoms with E-state index in [0.29, 0.717) is 31.4 Å². The minimum absolute atomic E-state index is 0.158. The molecule has 0 atom stereocenters. The number of amides is 1. The lowest BCUT2D eigenvalue weighted by atomic mass is 10.1. The number of nitrogens with zero attached hydrogens (tertiary/aromatic N) is 1. The van der Waals surface area contributed by atoms with E-state index in [2.05, 4.69) is 5.32 Å². The quantitative estimate of drug-likeness (QED) is 0.220. The fraction of sp³-hybridized carbons (Fsp3) is 0.310. The second kappa shape index (κ2) is 13.2. The molecule has 0 bridgehead atoms. The third-order valence-corrected chi connectivity index (χ3v) is 5.78. The fourth-order valence-electron chi connectivity index (χ4n) is 3.69. The second-order valence-corrected chi connectivity index (χ2v) is 8.56. The van der Waals surface area contributed by atoms with Gasteiger partial charge in [0.2, 0.25) is 0 Å². The number of carbonyl (C=O) groups is 2. The summed E-state index contributed by atoms with van der Waals surface area (Å²) in [6.07, 6.45) is 4.46. The molecule has 3 aromatic carbocycles. The topological polar surface area (TPSA) is 67.9 Å². The molecule has 0 aliphatic heterocycles. The van der Waals surface area contributed by atoms with Crippen LogP contribution in [0, 0.1) is 0 Å². The summed E-state index contributed by atoms with van der Waals surface area (Å²) >= 11 is 0. The van der Waals surface area contributed by atoms with Crippen LogP contribution >= 0.6 is 0 Å². The summed E-state index contributed by atoms with van der Waals surface area (Å²) in [4.78, 5) is 26.4. The van der Waals surface area contributed by atoms with Crippen molar-refractivity contribution in [2.24, 2.45) is 0 Å². The van der Waals surface area contributed by atoms with Crippen LogP contribution in [0.2, 0.25) is 0 Å². The van der Waals surface area contributed by atoms with Crippen molar-refractivity contribution in [1.82, 2.24) is 5.32 Å². The lowest BCUT2D eigenvalue weighted by Gasteiger charge is -2.14. The van der Waals surface area contributed by atoms with E-state index in [1.165, 1.54) is 7.11 Å². The third-order valence-electron chi connectivity index (χ3n) is 5.78. The maximum Gasteiger partial charge on any atom is 0.305 e. The first-order valence-corrected chi connectivity index (χ1v) is 11.9. The van der Waals surface area contributed by atoms with Gasteiger partial charge in [0.1, 0.15) is 12.4 Å². The molecule has 0 radical (unpaired) electrons. The number of methoxy groups -OCH3 is 1. The van der Waals surface area contributed by atoms with Crippen molar-refractivity contribution in [1.29, 1.82) is 0 Å². The maximum atomic E-state index is 13.1. The maximum absolute atomic E-state index is 13.1. The molecular weight excluding hydrogens is 440 g/mol. The van der Waals surface area contributed by atoms with Gasteiger partial charge >= 0.3 is 5.97 Å². The van der Waals surface area contributed by atoms with Gasteiger partial charge in [-0.3, -0.25) is 9.59 Å². The number of hydrogen-bond acceptors (Lipinski definition) is 5. The summed E-state index contributed by atoms with van der Waals surface area (Å²) in [7, 11) is 5.38. The van der Waals surface area contributed by atoms with Crippen molar-refractivity contribution < 1.29 is 19.1 Å². The molecule has 0 saturated carbocycles. The number of benzene rings is 3. The van der Waals surface area contributed by atoms with Crippen LogP contribution in [-0.4, -0.2) is 39.7 Å². The van der Waals surface area contributed by atoms with Gasteiger partial charge in [-0.2, -0.15) is 0 Å². The number of nitrogens with one attached hydrogen (secondary N) is 1. The zero-order valence-corrected chi connectivity index (χ0v) is 20.8. The summed E-state index contributed by atoms with van der Waals surface area (Å²) in [5.74, 6) is 0.369. The lowest BCUT2D eigenvalue weighted by Crippen LogP contribution is -2.27. The van der Waals surface area contributed by atoms with Crippen molar-refractivity contribution in [2.75, 3.05) is 32.7 Å². The predicted octanol–water partition coefficient (Wildman–Crippen LogP) is 5.26. The Balaban J connectivity index is 1.65. The molecule has 0 heterocycles. The van der Waals surface area contributed by atoms with Crippen LogP contribution in [0.15, 0.2) is 78.4 Å². The summed E-state index contributed by atoms with van der Waals surface area (Å²) in [6.45, 7) is 0.594. The van der Waals surface area contributed by atoms with Gasteiger partial charge < -0.3 is 19.7 Å². The molecule has 35 heavy (non-hydrogen) atoms. The van der Waals surface area contributed by atoms with Gasteiger partial charge in [0.25, 0.3) is 5.91 Å². The first kappa shape index (κ1) is 25.8. The van der Waals surface area contributed by atoms with Crippen LogP contribution in [0.1, 0.15) is 31.2 Å². The molecule has 0 unspecified atom stereocenters. The Morgan fingerprint density at radius 2 is 1.69 bits per heavy atom. The highest BCUT2D eigenvalue weighted by Gasteiger charge is 2.12. The van der Waals surface area contributed by atoms with Crippen molar-refractivity contribution in [3.63, 3.8) is 0 Å². The highest BCUT2D eigenvalue weighted by Crippen LogP contribution is 2.25. The summed E-state index contributed by atoms with van der Waals surface area (Å²) < 4.78 is 10.8. The molecule has 184 valence electrons. The first-order chi connectivity index (χ1) is 17.0. The Bertz CT molecular complexity index is 1150. The normalized spacial score (nSPS) is 11.2. The molecule has 0 aliphatic rings. The largest absolute Gasteiger partial charge is 0.488 e. The molecular formula is C29H34N2O4. The zero-order chi connectivity index (χ0) is 25.0. The van der Waals surface area contributed by atoms with E-state index in [0.717, 1.165) is 34.2 Å². The molecule has 1 N–H and O–H groups in total. The molecule has 3 rings (SSSR count). The average Bonchev–Trinajstić information content (AvgIpc) is 2.88.